The van der Waals surface area contributed by atoms with E-state index in [-0.39, 0.29) is 0 Å². The van der Waals surface area contributed by atoms with Crippen LogP contribution in [0, 0.1) is 0 Å². The van der Waals surface area contributed by atoms with E-state index in [1.807, 2.05) is 18.2 Å². The fourth-order valence-electron chi connectivity index (χ4n) is 2.50. The van der Waals surface area contributed by atoms with Gasteiger partial charge in [0.1, 0.15) is 0 Å². The summed E-state index contributed by atoms with van der Waals surface area (Å²) in [6.07, 6.45) is 2.07. The van der Waals surface area contributed by atoms with Gasteiger partial charge in [-0.1, -0.05) is 23.9 Å². The molecule has 1 aliphatic rings. The fourth-order valence-corrected chi connectivity index (χ4v) is 4.34. The molecule has 0 spiro atoms. The molecule has 0 radical (unpaired) electrons. The number of benzene rings is 2. The maximum atomic E-state index is 11.8. The molecule has 2 aromatic carbocycles. The van der Waals surface area contributed by atoms with Gasteiger partial charge in [0.05, 0.1) is 16.3 Å². The summed E-state index contributed by atoms with van der Waals surface area (Å²) in [6, 6.07) is 13.5. The first-order chi connectivity index (χ1) is 10.5. The summed E-state index contributed by atoms with van der Waals surface area (Å²) in [5, 5.41) is 0. The first kappa shape index (κ1) is 15.7. The Balaban J connectivity index is 2.12. The first-order valence-electron chi connectivity index (χ1n) is 6.95. The lowest BCUT2D eigenvalue weighted by Crippen LogP contribution is -2.22. The van der Waals surface area contributed by atoms with Crippen molar-refractivity contribution in [2.75, 3.05) is 23.6 Å². The summed E-state index contributed by atoms with van der Waals surface area (Å²) in [6.45, 7) is 0.765. The number of alkyl halides is 1. The predicted molar refractivity (Wildman–Crippen MR) is 92.5 cm³/mol. The molecule has 0 unspecified atom stereocenters. The second-order valence-electron chi connectivity index (χ2n) is 5.17. The zero-order valence-electron chi connectivity index (χ0n) is 12.1. The van der Waals surface area contributed by atoms with Crippen LogP contribution in [0.15, 0.2) is 57.2 Å². The van der Waals surface area contributed by atoms with E-state index in [9.17, 15) is 8.42 Å². The number of hydrogen-bond acceptors (Lipinski definition) is 4. The van der Waals surface area contributed by atoms with Crippen molar-refractivity contribution in [3.63, 3.8) is 0 Å². The van der Waals surface area contributed by atoms with Crippen LogP contribution >= 0.6 is 23.4 Å². The van der Waals surface area contributed by atoms with E-state index in [1.54, 1.807) is 23.9 Å². The molecule has 116 valence electrons. The SMILES string of the molecule is CS(=O)(=O)c1ccc2c(c1)N(CCCCl)c1ccccc1S2. The lowest BCUT2D eigenvalue weighted by molar-refractivity contribution is 0.601. The van der Waals surface area contributed by atoms with Crippen LogP contribution in [0.2, 0.25) is 0 Å². The van der Waals surface area contributed by atoms with Gasteiger partial charge in [-0.2, -0.15) is 0 Å². The molecule has 0 saturated heterocycles. The summed E-state index contributed by atoms with van der Waals surface area (Å²) < 4.78 is 23.7. The Labute approximate surface area is 140 Å². The van der Waals surface area contributed by atoms with Crippen molar-refractivity contribution in [3.05, 3.63) is 42.5 Å². The molecule has 1 aliphatic heterocycles. The molecule has 0 N–H and O–H groups in total. The van der Waals surface area contributed by atoms with Gasteiger partial charge in [-0.05, 0) is 36.8 Å². The molecule has 3 rings (SSSR count). The van der Waals surface area contributed by atoms with Gasteiger partial charge in [0.15, 0.2) is 9.84 Å². The second-order valence-corrected chi connectivity index (χ2v) is 8.64. The molecule has 0 atom stereocenters. The number of hydrogen-bond donors (Lipinski definition) is 0. The summed E-state index contributed by atoms with van der Waals surface area (Å²) in [5.41, 5.74) is 2.05. The van der Waals surface area contributed by atoms with Crippen LogP contribution in [-0.4, -0.2) is 27.1 Å². The Morgan fingerprint density at radius 1 is 1.09 bits per heavy atom. The van der Waals surface area contributed by atoms with E-state index in [1.165, 1.54) is 11.2 Å². The van der Waals surface area contributed by atoms with Crippen LogP contribution in [0.3, 0.4) is 0 Å². The Hall–Kier alpha value is -1.17. The Kier molecular flexibility index (Phi) is 4.39. The Morgan fingerprint density at radius 3 is 2.55 bits per heavy atom. The number of anilines is 2. The van der Waals surface area contributed by atoms with E-state index < -0.39 is 9.84 Å². The lowest BCUT2D eigenvalue weighted by atomic mass is 10.2. The third kappa shape index (κ3) is 2.98. The first-order valence-corrected chi connectivity index (χ1v) is 10.2. The van der Waals surface area contributed by atoms with Crippen molar-refractivity contribution in [3.8, 4) is 0 Å². The smallest absolute Gasteiger partial charge is 0.175 e. The van der Waals surface area contributed by atoms with Gasteiger partial charge in [-0.15, -0.1) is 11.6 Å². The zero-order chi connectivity index (χ0) is 15.7. The van der Waals surface area contributed by atoms with E-state index in [0.717, 1.165) is 29.2 Å². The highest BCUT2D eigenvalue weighted by Crippen LogP contribution is 2.48. The third-order valence-electron chi connectivity index (χ3n) is 3.54. The molecule has 0 saturated carbocycles. The minimum Gasteiger partial charge on any atom is -0.340 e. The maximum absolute atomic E-state index is 11.8. The van der Waals surface area contributed by atoms with Gasteiger partial charge in [0, 0.05) is 28.5 Å². The molecule has 0 bridgehead atoms. The maximum Gasteiger partial charge on any atom is 0.175 e. The minimum absolute atomic E-state index is 0.349. The van der Waals surface area contributed by atoms with Gasteiger partial charge in [-0.3, -0.25) is 0 Å². The highest BCUT2D eigenvalue weighted by Gasteiger charge is 2.24. The summed E-state index contributed by atoms with van der Waals surface area (Å²) >= 11 is 7.52. The number of nitrogens with zero attached hydrogens (tertiary/aromatic N) is 1. The summed E-state index contributed by atoms with van der Waals surface area (Å²) in [7, 11) is -3.22. The predicted octanol–water partition coefficient (Wildman–Crippen LogP) is 4.32. The van der Waals surface area contributed by atoms with Crippen molar-refractivity contribution in [1.29, 1.82) is 0 Å². The van der Waals surface area contributed by atoms with Crippen molar-refractivity contribution in [2.24, 2.45) is 0 Å². The molecular weight excluding hydrogens is 338 g/mol. The van der Waals surface area contributed by atoms with Gasteiger partial charge in [0.2, 0.25) is 0 Å². The highest BCUT2D eigenvalue weighted by molar-refractivity contribution is 7.99. The number of fused-ring (bicyclic) bond motifs is 2. The molecule has 0 aromatic heterocycles. The van der Waals surface area contributed by atoms with Crippen LogP contribution in [-0.2, 0) is 9.84 Å². The monoisotopic (exact) mass is 353 g/mol. The quantitative estimate of drug-likeness (QED) is 0.767. The van der Waals surface area contributed by atoms with Crippen LogP contribution in [0.25, 0.3) is 0 Å². The number of rotatable bonds is 4. The topological polar surface area (TPSA) is 37.4 Å². The molecule has 22 heavy (non-hydrogen) atoms. The molecule has 3 nitrogen and oxygen atoms in total. The van der Waals surface area contributed by atoms with Crippen molar-refractivity contribution < 1.29 is 8.42 Å². The molecule has 2 aromatic rings. The van der Waals surface area contributed by atoms with Gasteiger partial charge in [-0.25, -0.2) is 8.42 Å². The van der Waals surface area contributed by atoms with E-state index in [2.05, 4.69) is 17.0 Å². The van der Waals surface area contributed by atoms with Crippen molar-refractivity contribution in [1.82, 2.24) is 0 Å². The molecule has 0 aliphatic carbocycles. The van der Waals surface area contributed by atoms with Gasteiger partial charge in [0.25, 0.3) is 0 Å². The second kappa shape index (κ2) is 6.14. The number of sulfone groups is 1. The minimum atomic E-state index is -3.22. The Morgan fingerprint density at radius 2 is 1.82 bits per heavy atom. The van der Waals surface area contributed by atoms with E-state index in [0.29, 0.717) is 10.8 Å². The van der Waals surface area contributed by atoms with E-state index in [4.69, 9.17) is 11.6 Å². The normalized spacial score (nSPS) is 13.6. The highest BCUT2D eigenvalue weighted by atomic mass is 35.5. The zero-order valence-corrected chi connectivity index (χ0v) is 14.5. The standard InChI is InChI=1S/C16H16ClNO2S2/c1-22(19,20)12-7-8-16-14(11-12)18(10-4-9-17)13-5-2-3-6-15(13)21-16/h2-3,5-8,11H,4,9-10H2,1H3. The van der Waals surface area contributed by atoms with Crippen LogP contribution in [0.5, 0.6) is 0 Å². The van der Waals surface area contributed by atoms with Crippen molar-refractivity contribution >= 4 is 44.6 Å². The van der Waals surface area contributed by atoms with Crippen LogP contribution < -0.4 is 4.90 Å². The van der Waals surface area contributed by atoms with Crippen LogP contribution in [0.1, 0.15) is 6.42 Å². The third-order valence-corrected chi connectivity index (χ3v) is 6.05. The number of para-hydroxylation sites is 1. The fraction of sp³-hybridized carbons (Fsp3) is 0.250. The van der Waals surface area contributed by atoms with E-state index >= 15 is 0 Å². The molecule has 1 heterocycles. The largest absolute Gasteiger partial charge is 0.340 e. The average Bonchev–Trinajstić information content (AvgIpc) is 2.50. The summed E-state index contributed by atoms with van der Waals surface area (Å²) in [5.74, 6) is 0.576. The van der Waals surface area contributed by atoms with Gasteiger partial charge < -0.3 is 4.90 Å². The summed E-state index contributed by atoms with van der Waals surface area (Å²) in [4.78, 5) is 4.76. The van der Waals surface area contributed by atoms with Crippen LogP contribution in [0.4, 0.5) is 11.4 Å². The molecule has 0 fully saturated rings. The molecule has 6 heteroatoms. The molecular formula is C16H16ClNO2S2. The van der Waals surface area contributed by atoms with Crippen molar-refractivity contribution in [2.45, 2.75) is 21.1 Å². The lowest BCUT2D eigenvalue weighted by Gasteiger charge is -2.33. The Bertz CT molecular complexity index is 806. The molecule has 0 amide bonds. The average molecular weight is 354 g/mol. The van der Waals surface area contributed by atoms with Gasteiger partial charge >= 0.3 is 0 Å². The number of halogens is 1.